The molecule has 2 nitrogen and oxygen atoms in total. The van der Waals surface area contributed by atoms with Crippen LogP contribution in [0.25, 0.3) is 0 Å². The normalized spacial score (nSPS) is 10.5. The van der Waals surface area contributed by atoms with Crippen LogP contribution < -0.4 is 0 Å². The third-order valence-corrected chi connectivity index (χ3v) is 2.02. The van der Waals surface area contributed by atoms with Gasteiger partial charge < -0.3 is 4.57 Å². The van der Waals surface area contributed by atoms with Crippen molar-refractivity contribution in [2.75, 3.05) is 0 Å². The van der Waals surface area contributed by atoms with Gasteiger partial charge in [-0.15, -0.1) is 0 Å². The van der Waals surface area contributed by atoms with Gasteiger partial charge in [0.15, 0.2) is 0 Å². The summed E-state index contributed by atoms with van der Waals surface area (Å²) in [6.45, 7) is 5.52. The minimum Gasteiger partial charge on any atom is -0.335 e. The van der Waals surface area contributed by atoms with Gasteiger partial charge in [-0.1, -0.05) is 20.3 Å². The molecule has 0 N–H and O–H groups in total. The molecule has 68 valence electrons. The molecule has 0 saturated heterocycles. The van der Waals surface area contributed by atoms with Crippen LogP contribution in [0.4, 0.5) is 0 Å². The van der Waals surface area contributed by atoms with Crippen molar-refractivity contribution in [2.24, 2.45) is 0 Å². The summed E-state index contributed by atoms with van der Waals surface area (Å²) in [6, 6.07) is 0. The average molecular weight is 166 g/mol. The summed E-state index contributed by atoms with van der Waals surface area (Å²) in [5, 5.41) is 0. The first-order chi connectivity index (χ1) is 5.88. The van der Waals surface area contributed by atoms with Crippen LogP contribution in [0.5, 0.6) is 0 Å². The summed E-state index contributed by atoms with van der Waals surface area (Å²) in [6.07, 6.45) is 8.80. The Morgan fingerprint density at radius 3 is 2.83 bits per heavy atom. The monoisotopic (exact) mass is 166 g/mol. The maximum Gasteiger partial charge on any atom is 0.108 e. The topological polar surface area (TPSA) is 17.8 Å². The Bertz CT molecular complexity index is 215. The van der Waals surface area contributed by atoms with Crippen molar-refractivity contribution in [1.82, 2.24) is 9.55 Å². The van der Waals surface area contributed by atoms with Crippen molar-refractivity contribution < 1.29 is 0 Å². The molecule has 2 heteroatoms. The van der Waals surface area contributed by atoms with Gasteiger partial charge in [0.25, 0.3) is 0 Å². The zero-order chi connectivity index (χ0) is 8.81. The average Bonchev–Trinajstić information content (AvgIpc) is 2.50. The van der Waals surface area contributed by atoms with E-state index in [1.54, 1.807) is 0 Å². The highest BCUT2D eigenvalue weighted by Gasteiger charge is 1.99. The van der Waals surface area contributed by atoms with Gasteiger partial charge >= 0.3 is 0 Å². The molecule has 1 heterocycles. The Balaban J connectivity index is 2.51. The lowest BCUT2D eigenvalue weighted by atomic mass is 10.2. The van der Waals surface area contributed by atoms with Crippen LogP contribution >= 0.6 is 0 Å². The fourth-order valence-electron chi connectivity index (χ4n) is 1.35. The number of unbranched alkanes of at least 4 members (excludes halogenated alkanes) is 1. The first kappa shape index (κ1) is 9.30. The van der Waals surface area contributed by atoms with Crippen molar-refractivity contribution in [3.63, 3.8) is 0 Å². The Kier molecular flexibility index (Phi) is 3.85. The van der Waals surface area contributed by atoms with Gasteiger partial charge in [-0.3, -0.25) is 0 Å². The van der Waals surface area contributed by atoms with Gasteiger partial charge in [0, 0.05) is 25.4 Å². The van der Waals surface area contributed by atoms with E-state index in [1.807, 2.05) is 6.20 Å². The zero-order valence-corrected chi connectivity index (χ0v) is 8.08. The Hall–Kier alpha value is -0.790. The minimum atomic E-state index is 1.11. The summed E-state index contributed by atoms with van der Waals surface area (Å²) < 4.78 is 2.26. The van der Waals surface area contributed by atoms with E-state index in [9.17, 15) is 0 Å². The van der Waals surface area contributed by atoms with Crippen LogP contribution in [-0.4, -0.2) is 9.55 Å². The molecule has 0 fully saturated rings. The van der Waals surface area contributed by atoms with E-state index in [-0.39, 0.29) is 0 Å². The zero-order valence-electron chi connectivity index (χ0n) is 8.08. The molecule has 0 amide bonds. The molecule has 1 aromatic rings. The third kappa shape index (κ3) is 2.36. The number of aryl methyl sites for hydroxylation is 2. The SMILES string of the molecule is CCCCc1nccn1CCC. The van der Waals surface area contributed by atoms with Gasteiger partial charge in [0.1, 0.15) is 5.82 Å². The fourth-order valence-corrected chi connectivity index (χ4v) is 1.35. The molecule has 0 saturated carbocycles. The minimum absolute atomic E-state index is 1.11. The summed E-state index contributed by atoms with van der Waals surface area (Å²) in [5.41, 5.74) is 0. The van der Waals surface area contributed by atoms with Crippen LogP contribution in [0.1, 0.15) is 38.9 Å². The fraction of sp³-hybridized carbons (Fsp3) is 0.700. The van der Waals surface area contributed by atoms with E-state index in [0.29, 0.717) is 0 Å². The molecular formula is C10H18N2. The maximum absolute atomic E-state index is 4.34. The Labute approximate surface area is 74.6 Å². The smallest absolute Gasteiger partial charge is 0.108 e. The first-order valence-corrected chi connectivity index (χ1v) is 4.88. The van der Waals surface area contributed by atoms with Gasteiger partial charge in [-0.2, -0.15) is 0 Å². The molecule has 1 aromatic heterocycles. The maximum atomic E-state index is 4.34. The molecule has 0 spiro atoms. The largest absolute Gasteiger partial charge is 0.335 e. The molecule has 0 radical (unpaired) electrons. The molecule has 0 aliphatic rings. The van der Waals surface area contributed by atoms with E-state index in [1.165, 1.54) is 25.1 Å². The number of nitrogens with zero attached hydrogens (tertiary/aromatic N) is 2. The molecular weight excluding hydrogens is 148 g/mol. The molecule has 0 aromatic carbocycles. The molecule has 0 aliphatic heterocycles. The second-order valence-corrected chi connectivity index (χ2v) is 3.14. The van der Waals surface area contributed by atoms with Crippen LogP contribution in [-0.2, 0) is 13.0 Å². The van der Waals surface area contributed by atoms with E-state index in [2.05, 4.69) is 29.6 Å². The number of hydrogen-bond donors (Lipinski definition) is 0. The van der Waals surface area contributed by atoms with Crippen molar-refractivity contribution in [3.05, 3.63) is 18.2 Å². The molecule has 0 bridgehead atoms. The molecule has 0 unspecified atom stereocenters. The highest BCUT2D eigenvalue weighted by atomic mass is 15.1. The van der Waals surface area contributed by atoms with Crippen LogP contribution in [0.2, 0.25) is 0 Å². The molecule has 0 aliphatic carbocycles. The Morgan fingerprint density at radius 2 is 2.17 bits per heavy atom. The highest BCUT2D eigenvalue weighted by Crippen LogP contribution is 2.03. The lowest BCUT2D eigenvalue weighted by Crippen LogP contribution is -2.02. The number of aromatic nitrogens is 2. The summed E-state index contributed by atoms with van der Waals surface area (Å²) >= 11 is 0. The predicted molar refractivity (Wildman–Crippen MR) is 51.1 cm³/mol. The van der Waals surface area contributed by atoms with Gasteiger partial charge in [0.2, 0.25) is 0 Å². The molecule has 0 atom stereocenters. The van der Waals surface area contributed by atoms with E-state index < -0.39 is 0 Å². The van der Waals surface area contributed by atoms with Crippen molar-refractivity contribution in [1.29, 1.82) is 0 Å². The van der Waals surface area contributed by atoms with E-state index in [4.69, 9.17) is 0 Å². The van der Waals surface area contributed by atoms with Crippen LogP contribution in [0.3, 0.4) is 0 Å². The van der Waals surface area contributed by atoms with E-state index in [0.717, 1.165) is 13.0 Å². The van der Waals surface area contributed by atoms with Gasteiger partial charge in [-0.05, 0) is 12.8 Å². The number of hydrogen-bond acceptors (Lipinski definition) is 1. The lowest BCUT2D eigenvalue weighted by molar-refractivity contribution is 0.620. The van der Waals surface area contributed by atoms with Crippen LogP contribution in [0, 0.1) is 0 Å². The first-order valence-electron chi connectivity index (χ1n) is 4.88. The standard InChI is InChI=1S/C10H18N2/c1-3-5-6-10-11-7-9-12(10)8-4-2/h7,9H,3-6,8H2,1-2H3. The van der Waals surface area contributed by atoms with Crippen molar-refractivity contribution in [2.45, 2.75) is 46.1 Å². The van der Waals surface area contributed by atoms with Gasteiger partial charge in [-0.25, -0.2) is 4.98 Å². The number of rotatable bonds is 5. The predicted octanol–water partition coefficient (Wildman–Crippen LogP) is 2.64. The summed E-state index contributed by atoms with van der Waals surface area (Å²) in [4.78, 5) is 4.34. The summed E-state index contributed by atoms with van der Waals surface area (Å²) in [7, 11) is 0. The quantitative estimate of drug-likeness (QED) is 0.657. The second kappa shape index (κ2) is 4.96. The third-order valence-electron chi connectivity index (χ3n) is 2.02. The lowest BCUT2D eigenvalue weighted by Gasteiger charge is -2.04. The van der Waals surface area contributed by atoms with Crippen molar-refractivity contribution in [3.8, 4) is 0 Å². The highest BCUT2D eigenvalue weighted by molar-refractivity contribution is 4.92. The van der Waals surface area contributed by atoms with Gasteiger partial charge in [0.05, 0.1) is 0 Å². The van der Waals surface area contributed by atoms with E-state index >= 15 is 0 Å². The summed E-state index contributed by atoms with van der Waals surface area (Å²) in [5.74, 6) is 1.25. The molecule has 12 heavy (non-hydrogen) atoms. The van der Waals surface area contributed by atoms with Crippen LogP contribution in [0.15, 0.2) is 12.4 Å². The Morgan fingerprint density at radius 1 is 1.33 bits per heavy atom. The second-order valence-electron chi connectivity index (χ2n) is 3.14. The number of imidazole rings is 1. The molecule has 1 rings (SSSR count). The van der Waals surface area contributed by atoms with Crippen molar-refractivity contribution >= 4 is 0 Å².